The highest BCUT2D eigenvalue weighted by molar-refractivity contribution is 6.25. The molecule has 1 aliphatic rings. The molecular formula is C24H24F3N3. The predicted octanol–water partition coefficient (Wildman–Crippen LogP) is 6.39. The summed E-state index contributed by atoms with van der Waals surface area (Å²) in [5.41, 5.74) is 2.94. The van der Waals surface area contributed by atoms with Gasteiger partial charge in [0, 0.05) is 17.5 Å². The first-order valence-corrected chi connectivity index (χ1v) is 9.75. The van der Waals surface area contributed by atoms with Crippen LogP contribution in [0.15, 0.2) is 59.7 Å². The van der Waals surface area contributed by atoms with Gasteiger partial charge in [0.25, 0.3) is 0 Å². The summed E-state index contributed by atoms with van der Waals surface area (Å²) in [6, 6.07) is 15.1. The molecule has 2 aromatic rings. The topological polar surface area (TPSA) is 39.4 Å². The Morgan fingerprint density at radius 2 is 1.63 bits per heavy atom. The van der Waals surface area contributed by atoms with Crippen molar-refractivity contribution in [1.29, 1.82) is 5.26 Å². The van der Waals surface area contributed by atoms with Crippen LogP contribution in [0.4, 0.5) is 13.2 Å². The normalized spacial score (nSPS) is 15.0. The SMILES string of the molecule is CC(C)C1=NCN(C(C)(C)C#N)C=C1c1cccc(-c2ccc(C(F)(F)F)cc2)c1. The third kappa shape index (κ3) is 4.40. The van der Waals surface area contributed by atoms with Gasteiger partial charge in [-0.3, -0.25) is 4.99 Å². The largest absolute Gasteiger partial charge is 0.416 e. The van der Waals surface area contributed by atoms with Gasteiger partial charge in [0.15, 0.2) is 0 Å². The molecule has 0 saturated carbocycles. The van der Waals surface area contributed by atoms with E-state index >= 15 is 0 Å². The first kappa shape index (κ1) is 21.6. The molecule has 1 aliphatic heterocycles. The maximum Gasteiger partial charge on any atom is 0.416 e. The summed E-state index contributed by atoms with van der Waals surface area (Å²) >= 11 is 0. The highest BCUT2D eigenvalue weighted by Crippen LogP contribution is 2.33. The van der Waals surface area contributed by atoms with Crippen molar-refractivity contribution in [2.45, 2.75) is 39.4 Å². The van der Waals surface area contributed by atoms with Crippen LogP contribution in [0.25, 0.3) is 16.7 Å². The monoisotopic (exact) mass is 411 g/mol. The van der Waals surface area contributed by atoms with Crippen LogP contribution in [0.2, 0.25) is 0 Å². The number of aliphatic imine (C=N–C) groups is 1. The van der Waals surface area contributed by atoms with Crippen LogP contribution in [-0.2, 0) is 6.18 Å². The Kier molecular flexibility index (Phi) is 5.76. The molecule has 0 bridgehead atoms. The Bertz CT molecular complexity index is 1020. The predicted molar refractivity (Wildman–Crippen MR) is 114 cm³/mol. The minimum Gasteiger partial charge on any atom is -0.340 e. The summed E-state index contributed by atoms with van der Waals surface area (Å²) in [5, 5.41) is 9.50. The van der Waals surface area contributed by atoms with Crippen molar-refractivity contribution >= 4 is 11.3 Å². The molecule has 0 atom stereocenters. The van der Waals surface area contributed by atoms with Gasteiger partial charge in [0.2, 0.25) is 0 Å². The Morgan fingerprint density at radius 1 is 1.00 bits per heavy atom. The van der Waals surface area contributed by atoms with E-state index in [0.717, 1.165) is 34.5 Å². The zero-order valence-electron chi connectivity index (χ0n) is 17.5. The van der Waals surface area contributed by atoms with E-state index in [1.165, 1.54) is 12.1 Å². The van der Waals surface area contributed by atoms with E-state index < -0.39 is 17.3 Å². The zero-order chi connectivity index (χ0) is 22.1. The second-order valence-electron chi connectivity index (χ2n) is 8.18. The molecule has 0 spiro atoms. The first-order chi connectivity index (χ1) is 14.0. The molecule has 0 amide bonds. The summed E-state index contributed by atoms with van der Waals surface area (Å²) in [6.45, 7) is 8.23. The van der Waals surface area contributed by atoms with Gasteiger partial charge < -0.3 is 4.90 Å². The third-order valence-corrected chi connectivity index (χ3v) is 5.21. The smallest absolute Gasteiger partial charge is 0.340 e. The minimum atomic E-state index is -4.35. The quantitative estimate of drug-likeness (QED) is 0.585. The molecule has 6 heteroatoms. The number of nitriles is 1. The van der Waals surface area contributed by atoms with Crippen LogP contribution in [-0.4, -0.2) is 22.8 Å². The lowest BCUT2D eigenvalue weighted by atomic mass is 9.90. The fourth-order valence-electron chi connectivity index (χ4n) is 3.34. The van der Waals surface area contributed by atoms with Crippen molar-refractivity contribution in [3.8, 4) is 17.2 Å². The van der Waals surface area contributed by atoms with Crippen molar-refractivity contribution in [2.24, 2.45) is 10.9 Å². The second kappa shape index (κ2) is 7.98. The van der Waals surface area contributed by atoms with Crippen LogP contribution in [0.5, 0.6) is 0 Å². The molecular weight excluding hydrogens is 387 g/mol. The van der Waals surface area contributed by atoms with Crippen molar-refractivity contribution in [1.82, 2.24) is 4.90 Å². The van der Waals surface area contributed by atoms with Gasteiger partial charge in [-0.2, -0.15) is 18.4 Å². The maximum atomic E-state index is 12.9. The Balaban J connectivity index is 2.02. The van der Waals surface area contributed by atoms with E-state index in [0.29, 0.717) is 12.2 Å². The summed E-state index contributed by atoms with van der Waals surface area (Å²) in [6.07, 6.45) is -2.38. The van der Waals surface area contributed by atoms with Crippen molar-refractivity contribution in [3.05, 3.63) is 65.9 Å². The lowest BCUT2D eigenvalue weighted by molar-refractivity contribution is -0.137. The number of benzene rings is 2. The van der Waals surface area contributed by atoms with E-state index in [4.69, 9.17) is 4.99 Å². The first-order valence-electron chi connectivity index (χ1n) is 9.75. The summed E-state index contributed by atoms with van der Waals surface area (Å²) in [7, 11) is 0. The van der Waals surface area contributed by atoms with E-state index in [1.807, 2.05) is 49.2 Å². The van der Waals surface area contributed by atoms with Crippen molar-refractivity contribution in [2.75, 3.05) is 6.67 Å². The van der Waals surface area contributed by atoms with E-state index in [1.54, 1.807) is 0 Å². The van der Waals surface area contributed by atoms with Crippen LogP contribution in [0, 0.1) is 17.2 Å². The maximum absolute atomic E-state index is 12.9. The number of allylic oxidation sites excluding steroid dienone is 1. The van der Waals surface area contributed by atoms with Crippen molar-refractivity contribution < 1.29 is 13.2 Å². The standard InChI is InChI=1S/C24H24F3N3/c1-16(2)22-21(13-30(15-29-22)23(3,4)14-28)19-7-5-6-18(12-19)17-8-10-20(11-9-17)24(25,26)27/h5-13,16H,15H2,1-4H3. The van der Waals surface area contributed by atoms with Gasteiger partial charge in [-0.1, -0.05) is 44.2 Å². The summed E-state index contributed by atoms with van der Waals surface area (Å²) in [4.78, 5) is 6.62. The van der Waals surface area contributed by atoms with Crippen LogP contribution >= 0.6 is 0 Å². The van der Waals surface area contributed by atoms with Gasteiger partial charge in [-0.05, 0) is 54.7 Å². The van der Waals surface area contributed by atoms with Gasteiger partial charge in [0.05, 0.1) is 11.6 Å². The highest BCUT2D eigenvalue weighted by Gasteiger charge is 2.30. The molecule has 2 aromatic carbocycles. The average Bonchev–Trinajstić information content (AvgIpc) is 2.72. The van der Waals surface area contributed by atoms with Gasteiger partial charge >= 0.3 is 6.18 Å². The molecule has 0 aromatic heterocycles. The number of alkyl halides is 3. The summed E-state index contributed by atoms with van der Waals surface area (Å²) in [5.74, 6) is 0.193. The van der Waals surface area contributed by atoms with Crippen LogP contribution in [0.1, 0.15) is 38.8 Å². The minimum absolute atomic E-state index is 0.193. The van der Waals surface area contributed by atoms with Gasteiger partial charge in [-0.15, -0.1) is 0 Å². The molecule has 0 saturated heterocycles. The van der Waals surface area contributed by atoms with Crippen LogP contribution < -0.4 is 0 Å². The number of hydrogen-bond donors (Lipinski definition) is 0. The zero-order valence-corrected chi connectivity index (χ0v) is 17.5. The lowest BCUT2D eigenvalue weighted by Gasteiger charge is -2.35. The fourth-order valence-corrected chi connectivity index (χ4v) is 3.34. The molecule has 3 rings (SSSR count). The molecule has 0 radical (unpaired) electrons. The van der Waals surface area contributed by atoms with Crippen LogP contribution in [0.3, 0.4) is 0 Å². The molecule has 0 unspecified atom stereocenters. The molecule has 0 N–H and O–H groups in total. The number of nitrogens with zero attached hydrogens (tertiary/aromatic N) is 3. The highest BCUT2D eigenvalue weighted by atomic mass is 19.4. The lowest BCUT2D eigenvalue weighted by Crippen LogP contribution is -2.41. The van der Waals surface area contributed by atoms with Gasteiger partial charge in [-0.25, -0.2) is 0 Å². The van der Waals surface area contributed by atoms with Gasteiger partial charge in [0.1, 0.15) is 12.2 Å². The molecule has 3 nitrogen and oxygen atoms in total. The average molecular weight is 411 g/mol. The third-order valence-electron chi connectivity index (χ3n) is 5.21. The second-order valence-corrected chi connectivity index (χ2v) is 8.18. The number of halogens is 3. The molecule has 30 heavy (non-hydrogen) atoms. The molecule has 156 valence electrons. The molecule has 0 fully saturated rings. The fraction of sp³-hybridized carbons (Fsp3) is 0.333. The summed E-state index contributed by atoms with van der Waals surface area (Å²) < 4.78 is 38.6. The number of rotatable bonds is 4. The van der Waals surface area contributed by atoms with E-state index in [2.05, 4.69) is 19.9 Å². The van der Waals surface area contributed by atoms with Crippen molar-refractivity contribution in [3.63, 3.8) is 0 Å². The molecule has 0 aliphatic carbocycles. The van der Waals surface area contributed by atoms with E-state index in [9.17, 15) is 18.4 Å². The Morgan fingerprint density at radius 3 is 2.20 bits per heavy atom. The number of hydrogen-bond acceptors (Lipinski definition) is 3. The molecule has 1 heterocycles. The van der Waals surface area contributed by atoms with E-state index in [-0.39, 0.29) is 5.92 Å². The Labute approximate surface area is 175 Å². The Hall–Kier alpha value is -3.07.